The first-order valence-electron chi connectivity index (χ1n) is 11.8. The van der Waals surface area contributed by atoms with Crippen molar-refractivity contribution in [3.8, 4) is 0 Å². The van der Waals surface area contributed by atoms with Crippen molar-refractivity contribution < 1.29 is 4.74 Å². The van der Waals surface area contributed by atoms with Gasteiger partial charge in [-0.1, -0.05) is 40.0 Å². The number of nitrogens with one attached hydrogen (secondary N) is 1. The van der Waals surface area contributed by atoms with Crippen molar-refractivity contribution in [3.63, 3.8) is 0 Å². The number of H-pyrrole nitrogens is 1. The zero-order valence-electron chi connectivity index (χ0n) is 19.2. The number of rotatable bonds is 10. The van der Waals surface area contributed by atoms with Gasteiger partial charge in [0.15, 0.2) is 0 Å². The van der Waals surface area contributed by atoms with Crippen molar-refractivity contribution in [2.45, 2.75) is 65.8 Å². The van der Waals surface area contributed by atoms with Crippen molar-refractivity contribution in [1.82, 2.24) is 14.9 Å². The van der Waals surface area contributed by atoms with Crippen LogP contribution >= 0.6 is 0 Å². The highest BCUT2D eigenvalue weighted by atomic mass is 16.5. The van der Waals surface area contributed by atoms with E-state index in [1.807, 2.05) is 0 Å². The lowest BCUT2D eigenvalue weighted by Crippen LogP contribution is -2.43. The Labute approximate surface area is 180 Å². The molecule has 1 atom stereocenters. The molecule has 0 aromatic carbocycles. The molecule has 0 spiro atoms. The lowest BCUT2D eigenvalue weighted by Gasteiger charge is -2.32. The van der Waals surface area contributed by atoms with E-state index >= 15 is 0 Å². The van der Waals surface area contributed by atoms with E-state index in [-0.39, 0.29) is 11.6 Å². The second-order valence-electron chi connectivity index (χ2n) is 8.68. The number of morpholine rings is 1. The van der Waals surface area contributed by atoms with Crippen LogP contribution in [0.15, 0.2) is 9.79 Å². The van der Waals surface area contributed by atoms with E-state index in [9.17, 15) is 4.79 Å². The van der Waals surface area contributed by atoms with Gasteiger partial charge < -0.3 is 9.64 Å². The number of fused-ring (bicyclic) bond motifs is 1. The molecule has 3 heterocycles. The number of hydrogen-bond acceptors (Lipinski definition) is 6. The Balaban J connectivity index is 1.88. The highest BCUT2D eigenvalue weighted by Gasteiger charge is 2.25. The maximum atomic E-state index is 13.0. The van der Waals surface area contributed by atoms with Gasteiger partial charge in [-0.2, -0.15) is 0 Å². The zero-order chi connectivity index (χ0) is 21.5. The molecule has 1 aromatic heterocycles. The third-order valence-electron chi connectivity index (χ3n) is 6.36. The number of aliphatic imine (C=N–C) groups is 1. The van der Waals surface area contributed by atoms with Gasteiger partial charge >= 0.3 is 0 Å². The van der Waals surface area contributed by atoms with Gasteiger partial charge in [-0.25, -0.2) is 4.98 Å². The van der Waals surface area contributed by atoms with Gasteiger partial charge in [-0.15, -0.1) is 0 Å². The molecule has 2 aliphatic heterocycles. The molecule has 1 saturated heterocycles. The highest BCUT2D eigenvalue weighted by molar-refractivity contribution is 6.01. The van der Waals surface area contributed by atoms with E-state index in [2.05, 4.69) is 42.5 Å². The molecule has 7 heteroatoms. The summed E-state index contributed by atoms with van der Waals surface area (Å²) < 4.78 is 5.48. The van der Waals surface area contributed by atoms with Crippen LogP contribution in [0.3, 0.4) is 0 Å². The van der Waals surface area contributed by atoms with Crippen molar-refractivity contribution in [1.29, 1.82) is 0 Å². The highest BCUT2D eigenvalue weighted by Crippen LogP contribution is 2.21. The van der Waals surface area contributed by atoms with Crippen LogP contribution in [-0.4, -0.2) is 72.6 Å². The average molecular weight is 418 g/mol. The molecule has 0 bridgehead atoms. The van der Waals surface area contributed by atoms with Crippen LogP contribution in [0.4, 0.5) is 5.95 Å². The smallest absolute Gasteiger partial charge is 0.256 e. The SMILES string of the molecule is CCCC1=NC(C)Cc2c1nc(N(CCN1CCOCC1)CC(CC)CC)[nH]c2=O. The fourth-order valence-corrected chi connectivity index (χ4v) is 4.38. The van der Waals surface area contributed by atoms with Gasteiger partial charge in [-0.3, -0.25) is 19.7 Å². The van der Waals surface area contributed by atoms with Crippen LogP contribution in [-0.2, 0) is 11.2 Å². The second kappa shape index (κ2) is 11.0. The van der Waals surface area contributed by atoms with E-state index < -0.39 is 0 Å². The molecular formula is C23H39N5O2. The van der Waals surface area contributed by atoms with Gasteiger partial charge in [0.05, 0.1) is 30.7 Å². The van der Waals surface area contributed by atoms with E-state index in [4.69, 9.17) is 14.7 Å². The molecule has 1 unspecified atom stereocenters. The number of nitrogens with zero attached hydrogens (tertiary/aromatic N) is 4. The predicted octanol–water partition coefficient (Wildman–Crippen LogP) is 2.88. The van der Waals surface area contributed by atoms with Gasteiger partial charge in [0.1, 0.15) is 0 Å². The van der Waals surface area contributed by atoms with Crippen LogP contribution in [0, 0.1) is 5.92 Å². The minimum atomic E-state index is 0.00581. The van der Waals surface area contributed by atoms with Crippen molar-refractivity contribution in [2.24, 2.45) is 10.9 Å². The molecule has 2 aliphatic rings. The molecule has 3 rings (SSSR count). The Morgan fingerprint density at radius 2 is 1.97 bits per heavy atom. The van der Waals surface area contributed by atoms with Crippen molar-refractivity contribution in [3.05, 3.63) is 21.6 Å². The summed E-state index contributed by atoms with van der Waals surface area (Å²) in [7, 11) is 0. The molecule has 1 fully saturated rings. The van der Waals surface area contributed by atoms with Crippen LogP contribution in [0.1, 0.15) is 64.6 Å². The Morgan fingerprint density at radius 1 is 1.23 bits per heavy atom. The molecule has 0 radical (unpaired) electrons. The molecule has 0 amide bonds. The first-order valence-corrected chi connectivity index (χ1v) is 11.8. The van der Waals surface area contributed by atoms with Gasteiger partial charge in [0.25, 0.3) is 5.56 Å². The summed E-state index contributed by atoms with van der Waals surface area (Å²) in [6, 6.07) is 0.148. The number of aromatic nitrogens is 2. The zero-order valence-corrected chi connectivity index (χ0v) is 19.2. The maximum Gasteiger partial charge on any atom is 0.256 e. The normalized spacial score (nSPS) is 19.6. The Kier molecular flexibility index (Phi) is 8.45. The van der Waals surface area contributed by atoms with E-state index in [1.165, 1.54) is 0 Å². The minimum Gasteiger partial charge on any atom is -0.379 e. The second-order valence-corrected chi connectivity index (χ2v) is 8.68. The monoisotopic (exact) mass is 417 g/mol. The first-order chi connectivity index (χ1) is 14.5. The quantitative estimate of drug-likeness (QED) is 0.634. The molecule has 168 valence electrons. The number of anilines is 1. The van der Waals surface area contributed by atoms with Gasteiger partial charge in [0.2, 0.25) is 5.95 Å². The van der Waals surface area contributed by atoms with Crippen LogP contribution in [0.2, 0.25) is 0 Å². The molecule has 0 aliphatic carbocycles. The molecule has 7 nitrogen and oxygen atoms in total. The predicted molar refractivity (Wildman–Crippen MR) is 123 cm³/mol. The molecule has 1 aromatic rings. The van der Waals surface area contributed by atoms with Gasteiger partial charge in [0, 0.05) is 44.7 Å². The van der Waals surface area contributed by atoms with Crippen LogP contribution < -0.4 is 10.5 Å². The molecule has 0 saturated carbocycles. The Morgan fingerprint density at radius 3 is 2.63 bits per heavy atom. The third kappa shape index (κ3) is 5.70. The minimum absolute atomic E-state index is 0.00581. The maximum absolute atomic E-state index is 13.0. The topological polar surface area (TPSA) is 73.8 Å². The van der Waals surface area contributed by atoms with E-state index in [0.717, 1.165) is 88.6 Å². The summed E-state index contributed by atoms with van der Waals surface area (Å²) in [5.41, 5.74) is 2.63. The number of hydrogen-bond donors (Lipinski definition) is 1. The summed E-state index contributed by atoms with van der Waals surface area (Å²) in [5.74, 6) is 1.29. The lowest BCUT2D eigenvalue weighted by atomic mass is 9.98. The fraction of sp³-hybridized carbons (Fsp3) is 0.783. The summed E-state index contributed by atoms with van der Waals surface area (Å²) in [6.07, 6.45) is 4.79. The summed E-state index contributed by atoms with van der Waals surface area (Å²) in [5, 5.41) is 0. The summed E-state index contributed by atoms with van der Waals surface area (Å²) >= 11 is 0. The molecule has 30 heavy (non-hydrogen) atoms. The Hall–Kier alpha value is -1.73. The van der Waals surface area contributed by atoms with Gasteiger partial charge in [-0.05, 0) is 19.3 Å². The average Bonchev–Trinajstić information content (AvgIpc) is 2.75. The van der Waals surface area contributed by atoms with E-state index in [0.29, 0.717) is 18.3 Å². The number of ether oxygens (including phenoxy) is 1. The van der Waals surface area contributed by atoms with Crippen molar-refractivity contribution in [2.75, 3.05) is 50.8 Å². The molecular weight excluding hydrogens is 378 g/mol. The molecule has 1 N–H and O–H groups in total. The third-order valence-corrected chi connectivity index (χ3v) is 6.36. The van der Waals surface area contributed by atoms with E-state index in [1.54, 1.807) is 0 Å². The largest absolute Gasteiger partial charge is 0.379 e. The number of aromatic amines is 1. The summed E-state index contributed by atoms with van der Waals surface area (Å²) in [4.78, 5) is 30.7. The first kappa shape index (κ1) is 22.9. The lowest BCUT2D eigenvalue weighted by molar-refractivity contribution is 0.0390. The van der Waals surface area contributed by atoms with Crippen LogP contribution in [0.25, 0.3) is 0 Å². The summed E-state index contributed by atoms with van der Waals surface area (Å²) in [6.45, 7) is 15.0. The fourth-order valence-electron chi connectivity index (χ4n) is 4.38. The standard InChI is InChI=1S/C23H39N5O2/c1-5-8-20-21-19(15-17(4)24-20)22(29)26-23(25-21)28(16-18(6-2)7-3)10-9-27-11-13-30-14-12-27/h17-18H,5-16H2,1-4H3,(H,25,26,29). The Bertz CT molecular complexity index is 765. The van der Waals surface area contributed by atoms with Crippen molar-refractivity contribution >= 4 is 11.7 Å². The van der Waals surface area contributed by atoms with Crippen LogP contribution in [0.5, 0.6) is 0 Å².